The normalized spacial score (nSPS) is 16.2. The highest BCUT2D eigenvalue weighted by Gasteiger charge is 2.13. The zero-order chi connectivity index (χ0) is 11.2. The van der Waals surface area contributed by atoms with Crippen LogP contribution in [0.3, 0.4) is 0 Å². The van der Waals surface area contributed by atoms with Gasteiger partial charge in [0, 0.05) is 25.8 Å². The first-order valence-electron chi connectivity index (χ1n) is 5.40. The molecule has 1 saturated heterocycles. The Labute approximate surface area is 94.3 Å². The molecule has 6 heteroatoms. The average molecular weight is 224 g/mol. The van der Waals surface area contributed by atoms with Gasteiger partial charge in [0.05, 0.1) is 19.8 Å². The lowest BCUT2D eigenvalue weighted by Gasteiger charge is -2.26. The van der Waals surface area contributed by atoms with Crippen LogP contribution in [0, 0.1) is 0 Å². The van der Waals surface area contributed by atoms with Crippen molar-refractivity contribution in [2.24, 2.45) is 0 Å². The van der Waals surface area contributed by atoms with Gasteiger partial charge in [-0.05, 0) is 6.07 Å². The standard InChI is InChI=1S/C10H16N4O2/c15-6-3-11-9-1-2-12-10(13-9)14-4-7-16-8-5-14/h1-2,15H,3-8H2,(H,11,12,13). The van der Waals surface area contributed by atoms with Crippen molar-refractivity contribution in [1.29, 1.82) is 0 Å². The summed E-state index contributed by atoms with van der Waals surface area (Å²) in [6.07, 6.45) is 1.72. The van der Waals surface area contributed by atoms with E-state index in [0.717, 1.165) is 32.1 Å². The Morgan fingerprint density at radius 3 is 3.00 bits per heavy atom. The van der Waals surface area contributed by atoms with Gasteiger partial charge in [-0.1, -0.05) is 0 Å². The molecule has 0 unspecified atom stereocenters. The summed E-state index contributed by atoms with van der Waals surface area (Å²) < 4.78 is 5.27. The minimum Gasteiger partial charge on any atom is -0.395 e. The summed E-state index contributed by atoms with van der Waals surface area (Å²) in [5.74, 6) is 1.46. The molecule has 1 aliphatic heterocycles. The SMILES string of the molecule is OCCNc1ccnc(N2CCOCC2)n1. The number of anilines is 2. The Kier molecular flexibility index (Phi) is 3.90. The molecule has 0 spiro atoms. The summed E-state index contributed by atoms with van der Waals surface area (Å²) in [5.41, 5.74) is 0. The first kappa shape index (κ1) is 11.1. The third kappa shape index (κ3) is 2.80. The predicted octanol–water partition coefficient (Wildman–Crippen LogP) is -0.283. The van der Waals surface area contributed by atoms with Gasteiger partial charge in [0.2, 0.25) is 5.95 Å². The fraction of sp³-hybridized carbons (Fsp3) is 0.600. The van der Waals surface area contributed by atoms with Gasteiger partial charge in [-0.3, -0.25) is 0 Å². The molecule has 0 radical (unpaired) electrons. The van der Waals surface area contributed by atoms with Crippen LogP contribution in [0.1, 0.15) is 0 Å². The molecule has 1 aromatic heterocycles. The van der Waals surface area contributed by atoms with Crippen molar-refractivity contribution >= 4 is 11.8 Å². The third-order valence-electron chi connectivity index (χ3n) is 2.35. The maximum atomic E-state index is 8.71. The second-order valence-corrected chi connectivity index (χ2v) is 3.49. The van der Waals surface area contributed by atoms with Gasteiger partial charge in [0.15, 0.2) is 0 Å². The average Bonchev–Trinajstić information content (AvgIpc) is 2.38. The second kappa shape index (κ2) is 5.62. The number of nitrogens with zero attached hydrogens (tertiary/aromatic N) is 3. The molecular weight excluding hydrogens is 208 g/mol. The van der Waals surface area contributed by atoms with Gasteiger partial charge in [0.25, 0.3) is 0 Å². The van der Waals surface area contributed by atoms with Gasteiger partial charge < -0.3 is 20.1 Å². The molecule has 2 heterocycles. The zero-order valence-electron chi connectivity index (χ0n) is 9.09. The molecule has 1 aliphatic rings. The first-order chi connectivity index (χ1) is 7.90. The molecule has 0 aromatic carbocycles. The summed E-state index contributed by atoms with van der Waals surface area (Å²) in [7, 11) is 0. The molecule has 0 amide bonds. The van der Waals surface area contributed by atoms with Crippen molar-refractivity contribution in [3.05, 3.63) is 12.3 Å². The van der Waals surface area contributed by atoms with E-state index in [1.54, 1.807) is 12.3 Å². The minimum atomic E-state index is 0.0941. The van der Waals surface area contributed by atoms with Crippen LogP contribution >= 0.6 is 0 Å². The van der Waals surface area contributed by atoms with E-state index in [1.807, 2.05) is 0 Å². The largest absolute Gasteiger partial charge is 0.395 e. The maximum absolute atomic E-state index is 8.71. The second-order valence-electron chi connectivity index (χ2n) is 3.49. The Hall–Kier alpha value is -1.40. The molecule has 16 heavy (non-hydrogen) atoms. The first-order valence-corrected chi connectivity index (χ1v) is 5.40. The number of hydrogen-bond acceptors (Lipinski definition) is 6. The molecule has 2 N–H and O–H groups in total. The van der Waals surface area contributed by atoms with Gasteiger partial charge in [-0.15, -0.1) is 0 Å². The van der Waals surface area contributed by atoms with Crippen molar-refractivity contribution in [2.45, 2.75) is 0 Å². The Balaban J connectivity index is 2.02. The summed E-state index contributed by atoms with van der Waals surface area (Å²) in [6.45, 7) is 3.68. The predicted molar refractivity (Wildman–Crippen MR) is 60.6 cm³/mol. The molecule has 0 atom stereocenters. The number of nitrogens with one attached hydrogen (secondary N) is 1. The van der Waals surface area contributed by atoms with Crippen LogP contribution in [0.25, 0.3) is 0 Å². The molecule has 1 aromatic rings. The Bertz CT molecular complexity index is 328. The fourth-order valence-corrected chi connectivity index (χ4v) is 1.55. The summed E-state index contributed by atoms with van der Waals surface area (Å²) in [6, 6.07) is 1.79. The van der Waals surface area contributed by atoms with Gasteiger partial charge in [-0.2, -0.15) is 4.98 Å². The highest BCUT2D eigenvalue weighted by atomic mass is 16.5. The number of aromatic nitrogens is 2. The smallest absolute Gasteiger partial charge is 0.227 e. The number of aliphatic hydroxyl groups excluding tert-OH is 1. The lowest BCUT2D eigenvalue weighted by molar-refractivity contribution is 0.122. The number of ether oxygens (including phenoxy) is 1. The minimum absolute atomic E-state index is 0.0941. The summed E-state index contributed by atoms with van der Waals surface area (Å²) in [5, 5.41) is 11.7. The third-order valence-corrected chi connectivity index (χ3v) is 2.35. The molecule has 88 valence electrons. The molecule has 6 nitrogen and oxygen atoms in total. The van der Waals surface area contributed by atoms with Crippen LogP contribution in [0.5, 0.6) is 0 Å². The highest BCUT2D eigenvalue weighted by Crippen LogP contribution is 2.11. The highest BCUT2D eigenvalue weighted by molar-refractivity contribution is 5.41. The molecule has 2 rings (SSSR count). The van der Waals surface area contributed by atoms with Gasteiger partial charge in [-0.25, -0.2) is 4.98 Å². The quantitative estimate of drug-likeness (QED) is 0.733. The lowest BCUT2D eigenvalue weighted by Crippen LogP contribution is -2.37. The zero-order valence-corrected chi connectivity index (χ0v) is 9.09. The van der Waals surface area contributed by atoms with Crippen molar-refractivity contribution in [2.75, 3.05) is 49.7 Å². The van der Waals surface area contributed by atoms with E-state index in [0.29, 0.717) is 12.5 Å². The summed E-state index contributed by atoms with van der Waals surface area (Å²) >= 11 is 0. The van der Waals surface area contributed by atoms with E-state index < -0.39 is 0 Å². The lowest BCUT2D eigenvalue weighted by atomic mass is 10.4. The fourth-order valence-electron chi connectivity index (χ4n) is 1.55. The van der Waals surface area contributed by atoms with E-state index in [-0.39, 0.29) is 6.61 Å². The van der Waals surface area contributed by atoms with Crippen LogP contribution < -0.4 is 10.2 Å². The number of morpholine rings is 1. The molecule has 1 fully saturated rings. The number of aliphatic hydroxyl groups is 1. The number of hydrogen-bond donors (Lipinski definition) is 2. The van der Waals surface area contributed by atoms with Crippen molar-refractivity contribution in [3.63, 3.8) is 0 Å². The van der Waals surface area contributed by atoms with Crippen LogP contribution in [0.2, 0.25) is 0 Å². The van der Waals surface area contributed by atoms with E-state index in [9.17, 15) is 0 Å². The Morgan fingerprint density at radius 1 is 1.44 bits per heavy atom. The van der Waals surface area contributed by atoms with Crippen LogP contribution in [0.15, 0.2) is 12.3 Å². The molecule has 0 bridgehead atoms. The van der Waals surface area contributed by atoms with Crippen molar-refractivity contribution < 1.29 is 9.84 Å². The van der Waals surface area contributed by atoms with E-state index in [1.165, 1.54) is 0 Å². The van der Waals surface area contributed by atoms with Crippen molar-refractivity contribution in [1.82, 2.24) is 9.97 Å². The van der Waals surface area contributed by atoms with E-state index in [2.05, 4.69) is 20.2 Å². The number of rotatable bonds is 4. The molecular formula is C10H16N4O2. The van der Waals surface area contributed by atoms with E-state index in [4.69, 9.17) is 9.84 Å². The van der Waals surface area contributed by atoms with Gasteiger partial charge in [0.1, 0.15) is 5.82 Å². The van der Waals surface area contributed by atoms with Crippen LogP contribution in [-0.2, 0) is 4.74 Å². The summed E-state index contributed by atoms with van der Waals surface area (Å²) in [4.78, 5) is 10.7. The van der Waals surface area contributed by atoms with E-state index >= 15 is 0 Å². The van der Waals surface area contributed by atoms with Gasteiger partial charge >= 0.3 is 0 Å². The Morgan fingerprint density at radius 2 is 2.25 bits per heavy atom. The monoisotopic (exact) mass is 224 g/mol. The molecule has 0 saturated carbocycles. The maximum Gasteiger partial charge on any atom is 0.227 e. The van der Waals surface area contributed by atoms with Crippen LogP contribution in [-0.4, -0.2) is 54.5 Å². The topological polar surface area (TPSA) is 70.5 Å². The molecule has 0 aliphatic carbocycles. The van der Waals surface area contributed by atoms with Crippen LogP contribution in [0.4, 0.5) is 11.8 Å². The van der Waals surface area contributed by atoms with Crippen molar-refractivity contribution in [3.8, 4) is 0 Å².